The van der Waals surface area contributed by atoms with Crippen LogP contribution < -0.4 is 19.9 Å². The van der Waals surface area contributed by atoms with E-state index in [2.05, 4.69) is 5.73 Å². The zero-order valence-corrected chi connectivity index (χ0v) is 14.1. The van der Waals surface area contributed by atoms with Gasteiger partial charge in [0.1, 0.15) is 0 Å². The minimum Gasteiger partial charge on any atom is -0.493 e. The second-order valence-electron chi connectivity index (χ2n) is 4.65. The van der Waals surface area contributed by atoms with Crippen LogP contribution in [-0.2, 0) is 4.79 Å². The maximum atomic E-state index is 12.2. The monoisotopic (exact) mass is 339 g/mol. The van der Waals surface area contributed by atoms with E-state index >= 15 is 0 Å². The van der Waals surface area contributed by atoms with E-state index < -0.39 is 0 Å². The molecule has 1 fully saturated rings. The average molecular weight is 339 g/mol. The lowest BCUT2D eigenvalue weighted by atomic mass is 10.1. The highest BCUT2D eigenvalue weighted by Gasteiger charge is 2.34. The molecule has 3 N–H and O–H groups in total. The van der Waals surface area contributed by atoms with Crippen LogP contribution in [0.2, 0.25) is 0 Å². The second kappa shape index (κ2) is 7.38. The van der Waals surface area contributed by atoms with Gasteiger partial charge in [0.25, 0.3) is 11.1 Å². The number of nitrogens with zero attached hydrogens (tertiary/aromatic N) is 1. The molecule has 0 aromatic heterocycles. The van der Waals surface area contributed by atoms with Gasteiger partial charge in [0.2, 0.25) is 5.75 Å². The highest BCUT2D eigenvalue weighted by Crippen LogP contribution is 2.40. The summed E-state index contributed by atoms with van der Waals surface area (Å²) in [6.45, 7) is 0.798. The lowest BCUT2D eigenvalue weighted by Crippen LogP contribution is -2.55. The molecule has 2 rings (SSSR count). The van der Waals surface area contributed by atoms with Crippen LogP contribution in [0.3, 0.4) is 0 Å². The fourth-order valence-electron chi connectivity index (χ4n) is 2.19. The van der Waals surface area contributed by atoms with Crippen molar-refractivity contribution in [1.29, 1.82) is 0 Å². The quantitative estimate of drug-likeness (QED) is 0.777. The fraction of sp³-hybridized carbons (Fsp3) is 0.333. The van der Waals surface area contributed by atoms with E-state index in [4.69, 9.17) is 14.2 Å². The second-order valence-corrected chi connectivity index (χ2v) is 5.64. The molecule has 0 atom stereocenters. The summed E-state index contributed by atoms with van der Waals surface area (Å²) in [5.41, 5.74) is 4.35. The number of quaternary nitrogens is 1. The standard InChI is InChI=1S/C15H18N2O5S/c1-20-10-6-9(7-11(21-2)13(10)22-3)8-12-14(18)17(5-4-16)15(19)23-12/h6-8H,4-5,16H2,1-3H3/p+1/b12-8+. The van der Waals surface area contributed by atoms with Gasteiger partial charge in [-0.3, -0.25) is 14.5 Å². The predicted molar refractivity (Wildman–Crippen MR) is 86.5 cm³/mol. The molecule has 1 heterocycles. The molecule has 0 unspecified atom stereocenters. The Morgan fingerprint density at radius 1 is 1.13 bits per heavy atom. The maximum absolute atomic E-state index is 12.2. The Labute approximate surface area is 138 Å². The van der Waals surface area contributed by atoms with Crippen molar-refractivity contribution >= 4 is 29.0 Å². The number of carbonyl (C=O) groups excluding carboxylic acids is 2. The molecule has 0 bridgehead atoms. The summed E-state index contributed by atoms with van der Waals surface area (Å²) in [4.78, 5) is 25.7. The van der Waals surface area contributed by atoms with E-state index in [-0.39, 0.29) is 11.1 Å². The Bertz CT molecular complexity index is 634. The van der Waals surface area contributed by atoms with Crippen molar-refractivity contribution < 1.29 is 29.5 Å². The number of ether oxygens (including phenoxy) is 3. The largest absolute Gasteiger partial charge is 0.493 e. The van der Waals surface area contributed by atoms with Crippen molar-refractivity contribution in [2.24, 2.45) is 0 Å². The van der Waals surface area contributed by atoms with E-state index in [9.17, 15) is 9.59 Å². The lowest BCUT2D eigenvalue weighted by Gasteiger charge is -2.13. The molecular weight excluding hydrogens is 320 g/mol. The Kier molecular flexibility index (Phi) is 5.51. The Hall–Kier alpha value is -2.19. The topological polar surface area (TPSA) is 92.7 Å². The van der Waals surface area contributed by atoms with Gasteiger partial charge in [0.05, 0.1) is 39.3 Å². The SMILES string of the molecule is COc1cc(/C=C2/SC(=O)N(CC[NH3+])C2=O)cc(OC)c1OC. The predicted octanol–water partition coefficient (Wildman–Crippen LogP) is 0.991. The van der Waals surface area contributed by atoms with Crippen LogP contribution in [0.1, 0.15) is 5.56 Å². The number of benzene rings is 1. The highest BCUT2D eigenvalue weighted by atomic mass is 32.2. The third-order valence-electron chi connectivity index (χ3n) is 3.24. The summed E-state index contributed by atoms with van der Waals surface area (Å²) in [6.07, 6.45) is 1.64. The van der Waals surface area contributed by atoms with Crippen LogP contribution in [0.4, 0.5) is 4.79 Å². The first-order valence-corrected chi connectivity index (χ1v) is 7.72. The number of carbonyl (C=O) groups is 2. The summed E-state index contributed by atoms with van der Waals surface area (Å²) >= 11 is 0.911. The molecule has 0 radical (unpaired) electrons. The molecule has 2 amide bonds. The van der Waals surface area contributed by atoms with Crippen molar-refractivity contribution in [2.45, 2.75) is 0 Å². The normalized spacial score (nSPS) is 16.2. The summed E-state index contributed by atoms with van der Waals surface area (Å²) in [6, 6.07) is 3.44. The number of imide groups is 1. The molecule has 0 spiro atoms. The minimum atomic E-state index is -0.308. The smallest absolute Gasteiger partial charge is 0.293 e. The number of hydrogen-bond acceptors (Lipinski definition) is 6. The van der Waals surface area contributed by atoms with Crippen LogP contribution >= 0.6 is 11.8 Å². The summed E-state index contributed by atoms with van der Waals surface area (Å²) < 4.78 is 15.8. The number of thioether (sulfide) groups is 1. The van der Waals surface area contributed by atoms with Gasteiger partial charge in [0.15, 0.2) is 11.5 Å². The van der Waals surface area contributed by atoms with Crippen LogP contribution in [-0.4, -0.2) is 50.5 Å². The van der Waals surface area contributed by atoms with E-state index in [0.29, 0.717) is 40.8 Å². The van der Waals surface area contributed by atoms with Gasteiger partial charge in [-0.05, 0) is 35.5 Å². The van der Waals surface area contributed by atoms with Crippen LogP contribution in [0, 0.1) is 0 Å². The first-order valence-electron chi connectivity index (χ1n) is 6.90. The van der Waals surface area contributed by atoms with Gasteiger partial charge in [-0.15, -0.1) is 0 Å². The molecule has 1 aromatic rings. The third-order valence-corrected chi connectivity index (χ3v) is 4.15. The zero-order valence-electron chi connectivity index (χ0n) is 13.3. The van der Waals surface area contributed by atoms with E-state index in [0.717, 1.165) is 11.8 Å². The van der Waals surface area contributed by atoms with Gasteiger partial charge in [0, 0.05) is 0 Å². The van der Waals surface area contributed by atoms with Crippen molar-refractivity contribution in [1.82, 2.24) is 4.90 Å². The van der Waals surface area contributed by atoms with Gasteiger partial charge in [-0.25, -0.2) is 0 Å². The molecule has 1 saturated heterocycles. The molecule has 1 aliphatic heterocycles. The van der Waals surface area contributed by atoms with Gasteiger partial charge >= 0.3 is 0 Å². The molecule has 0 saturated carbocycles. The molecule has 0 aliphatic carbocycles. The van der Waals surface area contributed by atoms with Gasteiger partial charge in [-0.1, -0.05) is 0 Å². The summed E-state index contributed by atoms with van der Waals surface area (Å²) in [5, 5.41) is -0.280. The number of hydrogen-bond donors (Lipinski definition) is 1. The molecule has 1 aliphatic rings. The Morgan fingerprint density at radius 3 is 2.22 bits per heavy atom. The van der Waals surface area contributed by atoms with Gasteiger partial charge < -0.3 is 19.9 Å². The Morgan fingerprint density at radius 2 is 1.74 bits per heavy atom. The molecular formula is C15H19N2O5S+. The molecule has 23 heavy (non-hydrogen) atoms. The van der Waals surface area contributed by atoms with E-state index in [1.807, 2.05) is 0 Å². The minimum absolute atomic E-state index is 0.280. The number of amides is 2. The maximum Gasteiger partial charge on any atom is 0.293 e. The summed E-state index contributed by atoms with van der Waals surface area (Å²) in [5.74, 6) is 1.12. The van der Waals surface area contributed by atoms with Crippen molar-refractivity contribution in [3.63, 3.8) is 0 Å². The fourth-order valence-corrected chi connectivity index (χ4v) is 3.05. The number of rotatable bonds is 6. The average Bonchev–Trinajstić information content (AvgIpc) is 2.81. The molecule has 124 valence electrons. The third kappa shape index (κ3) is 3.43. The van der Waals surface area contributed by atoms with Crippen molar-refractivity contribution in [3.8, 4) is 17.2 Å². The number of methoxy groups -OCH3 is 3. The molecule has 8 heteroatoms. The molecule has 1 aromatic carbocycles. The lowest BCUT2D eigenvalue weighted by molar-refractivity contribution is -0.367. The highest BCUT2D eigenvalue weighted by molar-refractivity contribution is 8.18. The van der Waals surface area contributed by atoms with Crippen molar-refractivity contribution in [3.05, 3.63) is 22.6 Å². The Balaban J connectivity index is 2.40. The van der Waals surface area contributed by atoms with Crippen LogP contribution in [0.25, 0.3) is 6.08 Å². The summed E-state index contributed by atoms with van der Waals surface area (Å²) in [7, 11) is 4.55. The molecule has 7 nitrogen and oxygen atoms in total. The zero-order chi connectivity index (χ0) is 17.0. The van der Waals surface area contributed by atoms with Crippen LogP contribution in [0.15, 0.2) is 17.0 Å². The first-order chi connectivity index (χ1) is 11.0. The van der Waals surface area contributed by atoms with E-state index in [1.165, 1.54) is 26.2 Å². The van der Waals surface area contributed by atoms with Crippen LogP contribution in [0.5, 0.6) is 17.2 Å². The van der Waals surface area contributed by atoms with Crippen molar-refractivity contribution in [2.75, 3.05) is 34.4 Å². The first kappa shape index (κ1) is 17.2. The van der Waals surface area contributed by atoms with E-state index in [1.54, 1.807) is 18.2 Å². The van der Waals surface area contributed by atoms with Gasteiger partial charge in [-0.2, -0.15) is 0 Å².